The van der Waals surface area contributed by atoms with Gasteiger partial charge in [0.1, 0.15) is 10.2 Å². The van der Waals surface area contributed by atoms with E-state index in [1.165, 1.54) is 30.2 Å². The summed E-state index contributed by atoms with van der Waals surface area (Å²) in [5, 5.41) is 9.11. The maximum Gasteiger partial charge on any atom is 0.231 e. The van der Waals surface area contributed by atoms with Gasteiger partial charge >= 0.3 is 0 Å². The van der Waals surface area contributed by atoms with Crippen LogP contribution in [-0.2, 0) is 5.41 Å². The summed E-state index contributed by atoms with van der Waals surface area (Å²) in [5.74, 6) is 0.326. The highest BCUT2D eigenvalue weighted by Crippen LogP contribution is 2.41. The lowest BCUT2D eigenvalue weighted by molar-refractivity contribution is 0.435. The van der Waals surface area contributed by atoms with Gasteiger partial charge in [-0.25, -0.2) is 19.9 Å². The zero-order chi connectivity index (χ0) is 21.7. The molecule has 10 heteroatoms. The van der Waals surface area contributed by atoms with Crippen LogP contribution in [0.2, 0.25) is 10.2 Å². The number of nitrogens with zero attached hydrogens (tertiary/aromatic N) is 4. The lowest BCUT2D eigenvalue weighted by atomic mass is 9.79. The molecule has 0 spiro atoms. The molecule has 1 aromatic carbocycles. The van der Waals surface area contributed by atoms with Crippen LogP contribution in [0, 0.1) is 0 Å². The Bertz CT molecular complexity index is 1060. The van der Waals surface area contributed by atoms with E-state index in [2.05, 4.69) is 42.7 Å². The summed E-state index contributed by atoms with van der Waals surface area (Å²) in [6, 6.07) is 11.5. The second-order valence-corrected chi connectivity index (χ2v) is 9.51. The topological polar surface area (TPSA) is 75.6 Å². The number of rotatable bonds is 6. The summed E-state index contributed by atoms with van der Waals surface area (Å²) in [6.45, 7) is 0.708. The van der Waals surface area contributed by atoms with E-state index in [4.69, 9.17) is 35.4 Å². The maximum absolute atomic E-state index is 6.24. The van der Waals surface area contributed by atoms with Gasteiger partial charge in [0.2, 0.25) is 5.95 Å². The molecular weight excluding hydrogens is 471 g/mol. The minimum absolute atomic E-state index is 0.0114. The monoisotopic (exact) mass is 490 g/mol. The average molecular weight is 491 g/mol. The first kappa shape index (κ1) is 22.2. The van der Waals surface area contributed by atoms with Crippen molar-refractivity contribution >= 4 is 58.2 Å². The van der Waals surface area contributed by atoms with Gasteiger partial charge in [-0.15, -0.1) is 0 Å². The second-order valence-electron chi connectivity index (χ2n) is 7.29. The molecule has 1 aliphatic carbocycles. The van der Waals surface area contributed by atoms with Crippen molar-refractivity contribution < 1.29 is 0 Å². The van der Waals surface area contributed by atoms with Crippen molar-refractivity contribution in [3.05, 3.63) is 64.5 Å². The van der Waals surface area contributed by atoms with Gasteiger partial charge < -0.3 is 10.6 Å². The van der Waals surface area contributed by atoms with E-state index >= 15 is 0 Å². The fourth-order valence-electron chi connectivity index (χ4n) is 3.77. The van der Waals surface area contributed by atoms with Crippen LogP contribution >= 0.6 is 47.2 Å². The van der Waals surface area contributed by atoms with Crippen LogP contribution in [0.5, 0.6) is 0 Å². The molecule has 1 saturated carbocycles. The van der Waals surface area contributed by atoms with Crippen molar-refractivity contribution in [3.8, 4) is 0 Å². The molecule has 0 aliphatic heterocycles. The molecule has 0 bridgehead atoms. The zero-order valence-electron chi connectivity index (χ0n) is 16.5. The van der Waals surface area contributed by atoms with Gasteiger partial charge in [0.25, 0.3) is 0 Å². The van der Waals surface area contributed by atoms with E-state index in [0.29, 0.717) is 32.9 Å². The Hall–Kier alpha value is -2.00. The largest absolute Gasteiger partial charge is 0.361 e. The highest BCUT2D eigenvalue weighted by Gasteiger charge is 2.35. The van der Waals surface area contributed by atoms with Crippen LogP contribution in [0.4, 0.5) is 5.95 Å². The van der Waals surface area contributed by atoms with Gasteiger partial charge in [0.05, 0.1) is 0 Å². The molecule has 2 aromatic heterocycles. The van der Waals surface area contributed by atoms with Crippen molar-refractivity contribution in [2.45, 2.75) is 41.3 Å². The van der Waals surface area contributed by atoms with Crippen LogP contribution in [0.3, 0.4) is 0 Å². The second kappa shape index (κ2) is 10.1. The molecule has 1 fully saturated rings. The van der Waals surface area contributed by atoms with Gasteiger partial charge in [-0.2, -0.15) is 0 Å². The number of aromatic nitrogens is 4. The Morgan fingerprint density at radius 1 is 1.06 bits per heavy atom. The molecule has 0 amide bonds. The van der Waals surface area contributed by atoms with Gasteiger partial charge in [-0.3, -0.25) is 0 Å². The molecule has 4 rings (SSSR count). The number of hydrogen-bond acceptors (Lipinski definition) is 6. The summed E-state index contributed by atoms with van der Waals surface area (Å²) < 4.78 is 0. The molecule has 0 saturated heterocycles. The smallest absolute Gasteiger partial charge is 0.231 e. The molecule has 2 N–H and O–H groups in total. The molecule has 0 radical (unpaired) electrons. The summed E-state index contributed by atoms with van der Waals surface area (Å²) in [4.78, 5) is 17.1. The Morgan fingerprint density at radius 2 is 1.84 bits per heavy atom. The standard InChI is InChI=1S/C21H20Cl2N6S2/c22-15-6-3-5-14(11-15)21(7-1-2-8-21)13-26-19(30)29-18-27-16(23)12-17(28-18)31-20-24-9-4-10-25-20/h3-6,9-12H,1-2,7-8,13H2,(H2,26,27,28,29,30). The van der Waals surface area contributed by atoms with E-state index in [1.807, 2.05) is 12.1 Å². The Morgan fingerprint density at radius 3 is 2.58 bits per heavy atom. The zero-order valence-corrected chi connectivity index (χ0v) is 19.7. The molecule has 160 valence electrons. The van der Waals surface area contributed by atoms with Crippen molar-refractivity contribution in [2.75, 3.05) is 11.9 Å². The number of anilines is 1. The number of hydrogen-bond donors (Lipinski definition) is 2. The van der Waals surface area contributed by atoms with Crippen molar-refractivity contribution in [2.24, 2.45) is 0 Å². The fourth-order valence-corrected chi connectivity index (χ4v) is 5.09. The van der Waals surface area contributed by atoms with Crippen LogP contribution in [0.1, 0.15) is 31.2 Å². The predicted molar refractivity (Wildman–Crippen MR) is 129 cm³/mol. The summed E-state index contributed by atoms with van der Waals surface area (Å²) in [6.07, 6.45) is 7.91. The quantitative estimate of drug-likeness (QED) is 0.265. The molecule has 1 aliphatic rings. The highest BCUT2D eigenvalue weighted by molar-refractivity contribution is 7.99. The van der Waals surface area contributed by atoms with Crippen molar-refractivity contribution in [3.63, 3.8) is 0 Å². The SMILES string of the molecule is S=C(NCC1(c2cccc(Cl)c2)CCCC1)Nc1nc(Cl)cc(Sc2ncccn2)n1. The van der Waals surface area contributed by atoms with Gasteiger partial charge in [0, 0.05) is 35.4 Å². The van der Waals surface area contributed by atoms with Crippen molar-refractivity contribution in [1.29, 1.82) is 0 Å². The van der Waals surface area contributed by atoms with E-state index in [-0.39, 0.29) is 5.41 Å². The first-order valence-corrected chi connectivity index (χ1v) is 11.8. The molecule has 6 nitrogen and oxygen atoms in total. The number of thiocarbonyl (C=S) groups is 1. The fraction of sp³-hybridized carbons (Fsp3) is 0.286. The molecule has 0 atom stereocenters. The van der Waals surface area contributed by atoms with E-state index in [0.717, 1.165) is 17.9 Å². The molecule has 31 heavy (non-hydrogen) atoms. The summed E-state index contributed by atoms with van der Waals surface area (Å²) in [7, 11) is 0. The van der Waals surface area contributed by atoms with Crippen LogP contribution in [0.25, 0.3) is 0 Å². The minimum atomic E-state index is 0.0114. The van der Waals surface area contributed by atoms with Crippen LogP contribution < -0.4 is 10.6 Å². The Balaban J connectivity index is 1.42. The highest BCUT2D eigenvalue weighted by atomic mass is 35.5. The first-order chi connectivity index (χ1) is 15.0. The Kier molecular flexibility index (Phi) is 7.22. The first-order valence-electron chi connectivity index (χ1n) is 9.83. The molecular formula is C21H20Cl2N6S2. The van der Waals surface area contributed by atoms with Gasteiger partial charge in [-0.05, 0) is 60.6 Å². The van der Waals surface area contributed by atoms with Crippen molar-refractivity contribution in [1.82, 2.24) is 25.3 Å². The van der Waals surface area contributed by atoms with Crippen LogP contribution in [0.15, 0.2) is 59.0 Å². The van der Waals surface area contributed by atoms with E-state index in [1.54, 1.807) is 24.5 Å². The number of nitrogens with one attached hydrogen (secondary N) is 2. The maximum atomic E-state index is 6.24. The third-order valence-corrected chi connectivity index (χ3v) is 6.71. The average Bonchev–Trinajstić information content (AvgIpc) is 3.23. The van der Waals surface area contributed by atoms with Gasteiger partial charge in [0.15, 0.2) is 10.3 Å². The van der Waals surface area contributed by atoms with E-state index < -0.39 is 0 Å². The minimum Gasteiger partial charge on any atom is -0.361 e. The number of halogens is 2. The predicted octanol–water partition coefficient (Wildman–Crippen LogP) is 5.52. The summed E-state index contributed by atoms with van der Waals surface area (Å²) in [5.41, 5.74) is 1.26. The molecule has 3 aromatic rings. The van der Waals surface area contributed by atoms with Crippen LogP contribution in [-0.4, -0.2) is 31.6 Å². The Labute approximate surface area is 200 Å². The third-order valence-electron chi connectivity index (χ3n) is 5.22. The molecule has 2 heterocycles. The normalized spacial score (nSPS) is 14.9. The lowest BCUT2D eigenvalue weighted by Gasteiger charge is -2.30. The number of benzene rings is 1. The van der Waals surface area contributed by atoms with Gasteiger partial charge in [-0.1, -0.05) is 48.2 Å². The lowest BCUT2D eigenvalue weighted by Crippen LogP contribution is -2.41. The third kappa shape index (κ3) is 5.83. The molecule has 0 unspecified atom stereocenters. The summed E-state index contributed by atoms with van der Waals surface area (Å²) >= 11 is 19.2. The van der Waals surface area contributed by atoms with E-state index in [9.17, 15) is 0 Å².